The van der Waals surface area contributed by atoms with Crippen molar-refractivity contribution >= 4 is 31.9 Å². The molecule has 3 rings (SSSR count). The third kappa shape index (κ3) is 5.53. The van der Waals surface area contributed by atoms with Gasteiger partial charge in [0.05, 0.1) is 17.5 Å². The van der Waals surface area contributed by atoms with E-state index in [1.54, 1.807) is 24.3 Å². The Balaban J connectivity index is 1.73. The van der Waals surface area contributed by atoms with Crippen LogP contribution in [0.25, 0.3) is 0 Å². The lowest BCUT2D eigenvalue weighted by atomic mass is 9.95. The molecule has 1 heterocycles. The van der Waals surface area contributed by atoms with Crippen LogP contribution < -0.4 is 5.32 Å². The Morgan fingerprint density at radius 2 is 1.81 bits per heavy atom. The molecule has 0 unspecified atom stereocenters. The Bertz CT molecular complexity index is 727. The monoisotopic (exact) mass is 458 g/mol. The molecule has 150 valence electrons. The van der Waals surface area contributed by atoms with Gasteiger partial charge in [0.15, 0.2) is 0 Å². The molecular weight excluding hydrogens is 432 g/mol. The van der Waals surface area contributed by atoms with Gasteiger partial charge in [0.2, 0.25) is 15.9 Å². The Kier molecular flexibility index (Phi) is 7.30. The second kappa shape index (κ2) is 9.49. The number of sulfonamides is 1. The molecular formula is C19H27BrN2O4S. The maximum atomic E-state index is 13.2. The van der Waals surface area contributed by atoms with E-state index >= 15 is 0 Å². The Morgan fingerprint density at radius 1 is 1.11 bits per heavy atom. The first-order valence-corrected chi connectivity index (χ1v) is 11.9. The van der Waals surface area contributed by atoms with E-state index in [1.165, 1.54) is 4.31 Å². The van der Waals surface area contributed by atoms with Crippen molar-refractivity contribution in [2.45, 2.75) is 62.0 Å². The van der Waals surface area contributed by atoms with Gasteiger partial charge in [-0.15, -0.1) is 0 Å². The fourth-order valence-corrected chi connectivity index (χ4v) is 5.66. The van der Waals surface area contributed by atoms with Crippen LogP contribution in [0.3, 0.4) is 0 Å². The minimum Gasteiger partial charge on any atom is -0.376 e. The highest BCUT2D eigenvalue weighted by Gasteiger charge is 2.34. The number of ether oxygens (including phenoxy) is 1. The van der Waals surface area contributed by atoms with Gasteiger partial charge in [-0.25, -0.2) is 8.42 Å². The average molecular weight is 459 g/mol. The molecule has 0 spiro atoms. The molecule has 1 N–H and O–H groups in total. The van der Waals surface area contributed by atoms with Gasteiger partial charge in [-0.3, -0.25) is 4.79 Å². The van der Waals surface area contributed by atoms with E-state index in [4.69, 9.17) is 4.74 Å². The van der Waals surface area contributed by atoms with Gasteiger partial charge in [-0.05, 0) is 49.9 Å². The molecule has 0 radical (unpaired) electrons. The highest BCUT2D eigenvalue weighted by atomic mass is 79.9. The van der Waals surface area contributed by atoms with Crippen LogP contribution in [-0.2, 0) is 19.6 Å². The van der Waals surface area contributed by atoms with Gasteiger partial charge in [0, 0.05) is 23.7 Å². The minimum atomic E-state index is -3.73. The van der Waals surface area contributed by atoms with Crippen molar-refractivity contribution in [3.05, 3.63) is 28.7 Å². The molecule has 1 amide bonds. The predicted molar refractivity (Wildman–Crippen MR) is 107 cm³/mol. The fraction of sp³-hybridized carbons (Fsp3) is 0.632. The molecule has 1 aliphatic heterocycles. The molecule has 1 saturated carbocycles. The van der Waals surface area contributed by atoms with Crippen LogP contribution in [0.5, 0.6) is 0 Å². The smallest absolute Gasteiger partial charge is 0.243 e. The number of carbonyl (C=O) groups is 1. The summed E-state index contributed by atoms with van der Waals surface area (Å²) in [7, 11) is -3.73. The van der Waals surface area contributed by atoms with Crippen LogP contribution in [0.1, 0.15) is 44.9 Å². The molecule has 2 aliphatic rings. The normalized spacial score (nSPS) is 21.5. The van der Waals surface area contributed by atoms with Gasteiger partial charge in [0.1, 0.15) is 0 Å². The molecule has 2 fully saturated rings. The number of halogens is 1. The van der Waals surface area contributed by atoms with Crippen LogP contribution in [0.2, 0.25) is 0 Å². The van der Waals surface area contributed by atoms with E-state index in [-0.39, 0.29) is 29.5 Å². The highest BCUT2D eigenvalue weighted by molar-refractivity contribution is 9.10. The lowest BCUT2D eigenvalue weighted by Crippen LogP contribution is -2.47. The van der Waals surface area contributed by atoms with Crippen molar-refractivity contribution in [1.82, 2.24) is 9.62 Å². The molecule has 1 atom stereocenters. The zero-order valence-corrected chi connectivity index (χ0v) is 17.8. The van der Waals surface area contributed by atoms with E-state index < -0.39 is 10.0 Å². The van der Waals surface area contributed by atoms with Crippen LogP contribution in [0, 0.1) is 0 Å². The van der Waals surface area contributed by atoms with Gasteiger partial charge < -0.3 is 10.1 Å². The maximum Gasteiger partial charge on any atom is 0.243 e. The van der Waals surface area contributed by atoms with E-state index in [0.717, 1.165) is 56.0 Å². The zero-order valence-electron chi connectivity index (χ0n) is 15.4. The summed E-state index contributed by atoms with van der Waals surface area (Å²) in [6, 6.07) is 6.47. The number of carbonyl (C=O) groups excluding carboxylic acids is 1. The average Bonchev–Trinajstić information content (AvgIpc) is 3.19. The number of nitrogens with one attached hydrogen (secondary N) is 1. The lowest BCUT2D eigenvalue weighted by molar-refractivity contribution is -0.122. The van der Waals surface area contributed by atoms with Crippen LogP contribution in [-0.4, -0.2) is 50.5 Å². The number of nitrogens with zero attached hydrogens (tertiary/aromatic N) is 1. The standard InChI is InChI=1S/C19H27BrN2O4S/c20-15-8-10-18(11-9-15)27(24,25)22(16-5-2-1-3-6-16)14-19(23)21-13-17-7-4-12-26-17/h8-11,16-17H,1-7,12-14H2,(H,21,23)/t17-/m0/s1. The number of rotatable bonds is 7. The summed E-state index contributed by atoms with van der Waals surface area (Å²) in [5.74, 6) is -0.267. The maximum absolute atomic E-state index is 13.2. The highest BCUT2D eigenvalue weighted by Crippen LogP contribution is 2.28. The quantitative estimate of drug-likeness (QED) is 0.680. The first kappa shape index (κ1) is 20.8. The summed E-state index contributed by atoms with van der Waals surface area (Å²) < 4.78 is 34.2. The fourth-order valence-electron chi connectivity index (χ4n) is 3.75. The Hall–Kier alpha value is -0.960. The van der Waals surface area contributed by atoms with Crippen molar-refractivity contribution in [2.24, 2.45) is 0 Å². The van der Waals surface area contributed by atoms with Crippen molar-refractivity contribution in [1.29, 1.82) is 0 Å². The number of hydrogen-bond donors (Lipinski definition) is 1. The summed E-state index contributed by atoms with van der Waals surface area (Å²) in [6.45, 7) is 1.03. The number of amides is 1. The second-order valence-corrected chi connectivity index (χ2v) is 10.0. The van der Waals surface area contributed by atoms with E-state index in [2.05, 4.69) is 21.2 Å². The van der Waals surface area contributed by atoms with Crippen LogP contribution in [0.15, 0.2) is 33.6 Å². The van der Waals surface area contributed by atoms with E-state index in [9.17, 15) is 13.2 Å². The van der Waals surface area contributed by atoms with Gasteiger partial charge >= 0.3 is 0 Å². The SMILES string of the molecule is O=C(CN(C1CCCCC1)S(=O)(=O)c1ccc(Br)cc1)NC[C@@H]1CCCO1. The largest absolute Gasteiger partial charge is 0.376 e. The predicted octanol–water partition coefficient (Wildman–Crippen LogP) is 3.07. The summed E-state index contributed by atoms with van der Waals surface area (Å²) in [5.41, 5.74) is 0. The summed E-state index contributed by atoms with van der Waals surface area (Å²) in [5, 5.41) is 2.85. The molecule has 0 aromatic heterocycles. The zero-order chi connectivity index (χ0) is 19.3. The Labute approximate surface area is 169 Å². The number of hydrogen-bond acceptors (Lipinski definition) is 4. The molecule has 1 aliphatic carbocycles. The topological polar surface area (TPSA) is 75.7 Å². The molecule has 6 nitrogen and oxygen atoms in total. The molecule has 0 bridgehead atoms. The van der Waals surface area contributed by atoms with Crippen molar-refractivity contribution in [3.8, 4) is 0 Å². The second-order valence-electron chi connectivity index (χ2n) is 7.24. The summed E-state index contributed by atoms with van der Waals surface area (Å²) >= 11 is 3.33. The Morgan fingerprint density at radius 3 is 2.44 bits per heavy atom. The summed E-state index contributed by atoms with van der Waals surface area (Å²) in [4.78, 5) is 12.7. The van der Waals surface area contributed by atoms with Crippen molar-refractivity contribution in [3.63, 3.8) is 0 Å². The van der Waals surface area contributed by atoms with Crippen molar-refractivity contribution < 1.29 is 17.9 Å². The molecule has 8 heteroatoms. The molecule has 27 heavy (non-hydrogen) atoms. The van der Waals surface area contributed by atoms with Gasteiger partial charge in [0.25, 0.3) is 0 Å². The molecule has 1 aromatic carbocycles. The van der Waals surface area contributed by atoms with Crippen LogP contribution in [0.4, 0.5) is 0 Å². The first-order chi connectivity index (χ1) is 13.0. The molecule has 1 saturated heterocycles. The number of benzene rings is 1. The lowest BCUT2D eigenvalue weighted by Gasteiger charge is -2.33. The third-order valence-corrected chi connectivity index (χ3v) is 7.69. The van der Waals surface area contributed by atoms with Gasteiger partial charge in [-0.1, -0.05) is 35.2 Å². The third-order valence-electron chi connectivity index (χ3n) is 5.25. The minimum absolute atomic E-state index is 0.0418. The first-order valence-electron chi connectivity index (χ1n) is 9.62. The van der Waals surface area contributed by atoms with E-state index in [0.29, 0.717) is 6.54 Å². The van der Waals surface area contributed by atoms with E-state index in [1.807, 2.05) is 0 Å². The summed E-state index contributed by atoms with van der Waals surface area (Å²) in [6.07, 6.45) is 6.69. The molecule has 1 aromatic rings. The van der Waals surface area contributed by atoms with Gasteiger partial charge in [-0.2, -0.15) is 4.31 Å². The van der Waals surface area contributed by atoms with Crippen molar-refractivity contribution in [2.75, 3.05) is 19.7 Å². The van der Waals surface area contributed by atoms with Crippen LogP contribution >= 0.6 is 15.9 Å².